The maximum atomic E-state index is 12.3. The number of anilines is 1. The molecule has 0 unspecified atom stereocenters. The summed E-state index contributed by atoms with van der Waals surface area (Å²) < 4.78 is 0. The summed E-state index contributed by atoms with van der Waals surface area (Å²) in [6.45, 7) is 5.93. The molecule has 0 aromatic heterocycles. The first-order valence-electron chi connectivity index (χ1n) is 10.5. The standard InChI is InChI=1S/C23H31N5O/c1-2-24-22(25-14-13-19-9-4-3-5-10-19)26-18-20-11-8-12-21(17-20)27-23(29)28-15-6-7-16-28/h3-5,8-12,17H,2,6-7,13-16,18H2,1H3,(H,27,29)(H2,24,25,26). The fourth-order valence-electron chi connectivity index (χ4n) is 3.35. The van der Waals surface area contributed by atoms with Crippen LogP contribution in [-0.4, -0.2) is 43.1 Å². The third-order valence-electron chi connectivity index (χ3n) is 4.88. The predicted octanol–water partition coefficient (Wildman–Crippen LogP) is 3.61. The van der Waals surface area contributed by atoms with Crippen LogP contribution in [0.25, 0.3) is 0 Å². The van der Waals surface area contributed by atoms with Crippen LogP contribution in [-0.2, 0) is 13.0 Å². The first-order chi connectivity index (χ1) is 14.2. The zero-order chi connectivity index (χ0) is 20.3. The van der Waals surface area contributed by atoms with E-state index in [4.69, 9.17) is 0 Å². The summed E-state index contributed by atoms with van der Waals surface area (Å²) in [6.07, 6.45) is 3.13. The molecule has 3 rings (SSSR count). The number of benzene rings is 2. The molecule has 0 atom stereocenters. The lowest BCUT2D eigenvalue weighted by Crippen LogP contribution is -2.38. The molecule has 154 valence electrons. The van der Waals surface area contributed by atoms with E-state index in [9.17, 15) is 4.79 Å². The molecular weight excluding hydrogens is 362 g/mol. The summed E-state index contributed by atoms with van der Waals surface area (Å²) >= 11 is 0. The second-order valence-corrected chi connectivity index (χ2v) is 7.18. The minimum atomic E-state index is -0.0148. The van der Waals surface area contributed by atoms with Crippen molar-refractivity contribution in [2.75, 3.05) is 31.5 Å². The zero-order valence-electron chi connectivity index (χ0n) is 17.2. The molecule has 6 heteroatoms. The van der Waals surface area contributed by atoms with Crippen LogP contribution in [0.15, 0.2) is 59.6 Å². The molecular formula is C23H31N5O. The third-order valence-corrected chi connectivity index (χ3v) is 4.88. The number of hydrogen-bond donors (Lipinski definition) is 3. The number of hydrogen-bond acceptors (Lipinski definition) is 2. The Kier molecular flexibility index (Phi) is 7.92. The summed E-state index contributed by atoms with van der Waals surface area (Å²) in [5.41, 5.74) is 3.18. The SMILES string of the molecule is CCNC(=NCc1cccc(NC(=O)N2CCCC2)c1)NCCc1ccccc1. The molecule has 0 spiro atoms. The Morgan fingerprint density at radius 3 is 2.52 bits per heavy atom. The number of nitrogens with zero attached hydrogens (tertiary/aromatic N) is 2. The van der Waals surface area contributed by atoms with E-state index in [0.29, 0.717) is 6.54 Å². The molecule has 1 saturated heterocycles. The topological polar surface area (TPSA) is 68.8 Å². The second-order valence-electron chi connectivity index (χ2n) is 7.18. The number of rotatable bonds is 7. The summed E-state index contributed by atoms with van der Waals surface area (Å²) in [7, 11) is 0. The molecule has 1 aliphatic heterocycles. The van der Waals surface area contributed by atoms with Crippen molar-refractivity contribution in [3.8, 4) is 0 Å². The van der Waals surface area contributed by atoms with Gasteiger partial charge in [0.05, 0.1) is 6.54 Å². The predicted molar refractivity (Wildman–Crippen MR) is 119 cm³/mol. The van der Waals surface area contributed by atoms with Crippen molar-refractivity contribution >= 4 is 17.7 Å². The molecule has 2 amide bonds. The molecule has 0 aliphatic carbocycles. The molecule has 0 bridgehead atoms. The Morgan fingerprint density at radius 2 is 1.76 bits per heavy atom. The van der Waals surface area contributed by atoms with E-state index in [2.05, 4.69) is 52.1 Å². The van der Waals surface area contributed by atoms with Gasteiger partial charge in [-0.05, 0) is 49.4 Å². The molecule has 1 heterocycles. The maximum Gasteiger partial charge on any atom is 0.321 e. The number of carbonyl (C=O) groups excluding carboxylic acids is 1. The second kappa shape index (κ2) is 11.1. The quantitative estimate of drug-likeness (QED) is 0.497. The van der Waals surface area contributed by atoms with Crippen LogP contribution in [0.3, 0.4) is 0 Å². The van der Waals surface area contributed by atoms with Crippen LogP contribution >= 0.6 is 0 Å². The van der Waals surface area contributed by atoms with E-state index < -0.39 is 0 Å². The van der Waals surface area contributed by atoms with Gasteiger partial charge in [-0.3, -0.25) is 0 Å². The van der Waals surface area contributed by atoms with Crippen molar-refractivity contribution in [2.24, 2.45) is 4.99 Å². The van der Waals surface area contributed by atoms with Gasteiger partial charge in [0, 0.05) is 31.9 Å². The molecule has 0 radical (unpaired) electrons. The van der Waals surface area contributed by atoms with Gasteiger partial charge >= 0.3 is 6.03 Å². The first kappa shape index (κ1) is 20.7. The van der Waals surface area contributed by atoms with Gasteiger partial charge < -0.3 is 20.9 Å². The van der Waals surface area contributed by atoms with E-state index in [1.54, 1.807) is 0 Å². The number of nitrogens with one attached hydrogen (secondary N) is 3. The van der Waals surface area contributed by atoms with Crippen LogP contribution in [0.2, 0.25) is 0 Å². The highest BCUT2D eigenvalue weighted by Crippen LogP contribution is 2.14. The van der Waals surface area contributed by atoms with Crippen molar-refractivity contribution in [1.82, 2.24) is 15.5 Å². The van der Waals surface area contributed by atoms with Crippen molar-refractivity contribution in [2.45, 2.75) is 32.7 Å². The highest BCUT2D eigenvalue weighted by molar-refractivity contribution is 5.89. The zero-order valence-corrected chi connectivity index (χ0v) is 17.2. The van der Waals surface area contributed by atoms with Gasteiger partial charge in [-0.25, -0.2) is 9.79 Å². The fourth-order valence-corrected chi connectivity index (χ4v) is 3.35. The molecule has 29 heavy (non-hydrogen) atoms. The average molecular weight is 394 g/mol. The van der Waals surface area contributed by atoms with E-state index >= 15 is 0 Å². The lowest BCUT2D eigenvalue weighted by molar-refractivity contribution is 0.222. The van der Waals surface area contributed by atoms with Crippen LogP contribution in [0.1, 0.15) is 30.9 Å². The highest BCUT2D eigenvalue weighted by atomic mass is 16.2. The average Bonchev–Trinajstić information content (AvgIpc) is 3.28. The third kappa shape index (κ3) is 6.82. The molecule has 0 saturated carbocycles. The van der Waals surface area contributed by atoms with Crippen LogP contribution < -0.4 is 16.0 Å². The monoisotopic (exact) mass is 393 g/mol. The first-order valence-corrected chi connectivity index (χ1v) is 10.5. The highest BCUT2D eigenvalue weighted by Gasteiger charge is 2.17. The van der Waals surface area contributed by atoms with E-state index in [1.807, 2.05) is 35.2 Å². The summed E-state index contributed by atoms with van der Waals surface area (Å²) in [5, 5.41) is 9.67. The van der Waals surface area contributed by atoms with Gasteiger partial charge in [0.15, 0.2) is 5.96 Å². The number of guanidine groups is 1. The molecule has 3 N–H and O–H groups in total. The number of likely N-dealkylation sites (tertiary alicyclic amines) is 1. The lowest BCUT2D eigenvalue weighted by atomic mass is 10.1. The maximum absolute atomic E-state index is 12.3. The summed E-state index contributed by atoms with van der Waals surface area (Å²) in [6, 6.07) is 18.3. The van der Waals surface area contributed by atoms with Gasteiger partial charge in [-0.1, -0.05) is 42.5 Å². The Labute approximate surface area is 173 Å². The molecule has 2 aromatic rings. The number of carbonyl (C=O) groups is 1. The van der Waals surface area contributed by atoms with Gasteiger partial charge in [0.25, 0.3) is 0 Å². The van der Waals surface area contributed by atoms with Crippen molar-refractivity contribution in [3.63, 3.8) is 0 Å². The number of amides is 2. The Morgan fingerprint density at radius 1 is 1.00 bits per heavy atom. The van der Waals surface area contributed by atoms with Crippen LogP contribution in [0.5, 0.6) is 0 Å². The molecule has 1 aliphatic rings. The fraction of sp³-hybridized carbons (Fsp3) is 0.391. The van der Waals surface area contributed by atoms with Crippen LogP contribution in [0.4, 0.5) is 10.5 Å². The largest absolute Gasteiger partial charge is 0.357 e. The summed E-state index contributed by atoms with van der Waals surface area (Å²) in [5.74, 6) is 0.801. The van der Waals surface area contributed by atoms with Gasteiger partial charge in [-0.2, -0.15) is 0 Å². The Balaban J connectivity index is 1.53. The Hall–Kier alpha value is -3.02. The minimum absolute atomic E-state index is 0.0148. The lowest BCUT2D eigenvalue weighted by Gasteiger charge is -2.16. The number of aliphatic imine (C=N–C) groups is 1. The molecule has 6 nitrogen and oxygen atoms in total. The van der Waals surface area contributed by atoms with Gasteiger partial charge in [-0.15, -0.1) is 0 Å². The summed E-state index contributed by atoms with van der Waals surface area (Å²) in [4.78, 5) is 18.8. The van der Waals surface area contributed by atoms with Crippen molar-refractivity contribution in [3.05, 3.63) is 65.7 Å². The van der Waals surface area contributed by atoms with Crippen LogP contribution in [0, 0.1) is 0 Å². The smallest absolute Gasteiger partial charge is 0.321 e. The Bertz CT molecular complexity index is 800. The van der Waals surface area contributed by atoms with E-state index in [1.165, 1.54) is 5.56 Å². The van der Waals surface area contributed by atoms with E-state index in [-0.39, 0.29) is 6.03 Å². The van der Waals surface area contributed by atoms with Crippen molar-refractivity contribution in [1.29, 1.82) is 0 Å². The van der Waals surface area contributed by atoms with Gasteiger partial charge in [0.1, 0.15) is 0 Å². The number of urea groups is 1. The van der Waals surface area contributed by atoms with Crippen molar-refractivity contribution < 1.29 is 4.79 Å². The minimum Gasteiger partial charge on any atom is -0.357 e. The van der Waals surface area contributed by atoms with E-state index in [0.717, 1.165) is 62.7 Å². The molecule has 1 fully saturated rings. The normalized spacial score (nSPS) is 14.0. The molecule has 2 aromatic carbocycles. The van der Waals surface area contributed by atoms with Gasteiger partial charge in [0.2, 0.25) is 0 Å².